The molecule has 0 fully saturated rings. The fraction of sp³-hybridized carbons (Fsp3) is 0.235. The van der Waals surface area contributed by atoms with Gasteiger partial charge in [-0.05, 0) is 49.1 Å². The molecule has 0 saturated heterocycles. The maximum absolute atomic E-state index is 12.7. The maximum Gasteiger partial charge on any atom is 0.289 e. The van der Waals surface area contributed by atoms with Crippen molar-refractivity contribution in [1.82, 2.24) is 4.90 Å². The van der Waals surface area contributed by atoms with E-state index in [9.17, 15) is 4.79 Å². The number of amides is 1. The Morgan fingerprint density at radius 1 is 1.32 bits per heavy atom. The summed E-state index contributed by atoms with van der Waals surface area (Å²) in [7, 11) is 1.79. The van der Waals surface area contributed by atoms with Crippen molar-refractivity contribution in [1.29, 1.82) is 0 Å². The molecule has 0 N–H and O–H groups in total. The molecule has 0 spiro atoms. The number of hydrogen-bond donors (Lipinski definition) is 0. The summed E-state index contributed by atoms with van der Waals surface area (Å²) in [5, 5.41) is 3.56. The Balaban J connectivity index is 1.91. The number of rotatable bonds is 3. The monoisotopic (exact) mass is 333 g/mol. The summed E-state index contributed by atoms with van der Waals surface area (Å²) in [6, 6.07) is 7.45. The highest BCUT2D eigenvalue weighted by atomic mass is 35.5. The highest BCUT2D eigenvalue weighted by Crippen LogP contribution is 2.29. The van der Waals surface area contributed by atoms with Crippen LogP contribution in [0.4, 0.5) is 0 Å². The van der Waals surface area contributed by atoms with Gasteiger partial charge in [-0.25, -0.2) is 0 Å². The first-order valence-electron chi connectivity index (χ1n) is 6.94. The Hall–Kier alpha value is -1.78. The third-order valence-electron chi connectivity index (χ3n) is 3.79. The predicted molar refractivity (Wildman–Crippen MR) is 90.8 cm³/mol. The molecule has 2 heterocycles. The first-order chi connectivity index (χ1) is 10.5. The van der Waals surface area contributed by atoms with Crippen LogP contribution in [0, 0.1) is 13.8 Å². The van der Waals surface area contributed by atoms with Crippen LogP contribution in [-0.4, -0.2) is 17.9 Å². The molecule has 0 aliphatic rings. The number of furan rings is 1. The molecule has 22 heavy (non-hydrogen) atoms. The van der Waals surface area contributed by atoms with Gasteiger partial charge in [0.25, 0.3) is 5.91 Å². The molecule has 5 heteroatoms. The van der Waals surface area contributed by atoms with E-state index in [2.05, 4.69) is 13.0 Å². The Morgan fingerprint density at radius 3 is 2.77 bits per heavy atom. The van der Waals surface area contributed by atoms with Crippen molar-refractivity contribution in [3.63, 3.8) is 0 Å². The molecule has 0 atom stereocenters. The molecule has 0 bridgehead atoms. The van der Waals surface area contributed by atoms with E-state index in [4.69, 9.17) is 16.0 Å². The third kappa shape index (κ3) is 2.64. The van der Waals surface area contributed by atoms with Crippen molar-refractivity contribution in [3.8, 4) is 0 Å². The van der Waals surface area contributed by atoms with Crippen molar-refractivity contribution < 1.29 is 9.21 Å². The van der Waals surface area contributed by atoms with Gasteiger partial charge >= 0.3 is 0 Å². The smallest absolute Gasteiger partial charge is 0.289 e. The van der Waals surface area contributed by atoms with Gasteiger partial charge in [0.1, 0.15) is 5.58 Å². The van der Waals surface area contributed by atoms with E-state index in [0.29, 0.717) is 22.9 Å². The third-order valence-corrected chi connectivity index (χ3v) is 5.03. The van der Waals surface area contributed by atoms with Gasteiger partial charge in [0, 0.05) is 27.9 Å². The van der Waals surface area contributed by atoms with E-state index in [0.717, 1.165) is 10.9 Å². The standard InChI is InChI=1S/C17H16ClNO2S/c1-10-6-7-22-15(10)9-19(3)17(20)16-11(2)13-8-12(18)4-5-14(13)21-16/h4-8H,9H2,1-3H3. The van der Waals surface area contributed by atoms with Crippen LogP contribution in [0.15, 0.2) is 34.1 Å². The molecule has 0 unspecified atom stereocenters. The molecule has 0 radical (unpaired) electrons. The lowest BCUT2D eigenvalue weighted by atomic mass is 10.1. The van der Waals surface area contributed by atoms with E-state index < -0.39 is 0 Å². The zero-order valence-corrected chi connectivity index (χ0v) is 14.2. The quantitative estimate of drug-likeness (QED) is 0.673. The molecule has 1 amide bonds. The van der Waals surface area contributed by atoms with Crippen LogP contribution in [0.2, 0.25) is 5.02 Å². The van der Waals surface area contributed by atoms with Crippen molar-refractivity contribution in [2.75, 3.05) is 7.05 Å². The van der Waals surface area contributed by atoms with Gasteiger partial charge in [-0.3, -0.25) is 4.79 Å². The molecule has 3 nitrogen and oxygen atoms in total. The Kier molecular flexibility index (Phi) is 3.98. The number of carbonyl (C=O) groups is 1. The average molecular weight is 334 g/mol. The normalized spacial score (nSPS) is 11.1. The van der Waals surface area contributed by atoms with Crippen molar-refractivity contribution in [2.24, 2.45) is 0 Å². The molecule has 3 aromatic rings. The molecular weight excluding hydrogens is 318 g/mol. The minimum atomic E-state index is -0.113. The molecule has 0 aliphatic carbocycles. The Bertz CT molecular complexity index is 850. The minimum Gasteiger partial charge on any atom is -0.451 e. The zero-order chi connectivity index (χ0) is 15.9. The van der Waals surface area contributed by atoms with Crippen LogP contribution in [0.25, 0.3) is 11.0 Å². The van der Waals surface area contributed by atoms with E-state index in [1.807, 2.05) is 18.4 Å². The SMILES string of the molecule is Cc1ccsc1CN(C)C(=O)c1oc2ccc(Cl)cc2c1C. The zero-order valence-electron chi connectivity index (χ0n) is 12.6. The number of fused-ring (bicyclic) bond motifs is 1. The summed E-state index contributed by atoms with van der Waals surface area (Å²) >= 11 is 7.68. The van der Waals surface area contributed by atoms with Gasteiger partial charge < -0.3 is 9.32 Å². The van der Waals surface area contributed by atoms with Crippen LogP contribution < -0.4 is 0 Å². The number of carbonyl (C=O) groups excluding carboxylic acids is 1. The topological polar surface area (TPSA) is 33.5 Å². The fourth-order valence-electron chi connectivity index (χ4n) is 2.42. The first kappa shape index (κ1) is 15.1. The lowest BCUT2D eigenvalue weighted by Crippen LogP contribution is -2.26. The van der Waals surface area contributed by atoms with Crippen LogP contribution in [0.5, 0.6) is 0 Å². The summed E-state index contributed by atoms with van der Waals surface area (Å²) in [5.74, 6) is 0.270. The van der Waals surface area contributed by atoms with Gasteiger partial charge in [-0.1, -0.05) is 11.6 Å². The number of aryl methyl sites for hydroxylation is 2. The second-order valence-electron chi connectivity index (χ2n) is 5.38. The molecule has 0 aliphatic heterocycles. The number of hydrogen-bond acceptors (Lipinski definition) is 3. The fourth-order valence-corrected chi connectivity index (χ4v) is 3.55. The van der Waals surface area contributed by atoms with Crippen molar-refractivity contribution in [2.45, 2.75) is 20.4 Å². The highest BCUT2D eigenvalue weighted by Gasteiger charge is 2.21. The van der Waals surface area contributed by atoms with E-state index in [-0.39, 0.29) is 5.91 Å². The average Bonchev–Trinajstić information content (AvgIpc) is 3.03. The molecule has 0 saturated carbocycles. The number of halogens is 1. The van der Waals surface area contributed by atoms with Gasteiger partial charge in [-0.2, -0.15) is 0 Å². The highest BCUT2D eigenvalue weighted by molar-refractivity contribution is 7.10. The maximum atomic E-state index is 12.7. The predicted octanol–water partition coefficient (Wildman–Crippen LogP) is 5.04. The van der Waals surface area contributed by atoms with Crippen molar-refractivity contribution in [3.05, 3.63) is 56.4 Å². The molecule has 2 aromatic heterocycles. The van der Waals surface area contributed by atoms with Crippen LogP contribution in [0.3, 0.4) is 0 Å². The van der Waals surface area contributed by atoms with Gasteiger partial charge in [0.05, 0.1) is 6.54 Å². The number of thiophene rings is 1. The van der Waals surface area contributed by atoms with E-state index >= 15 is 0 Å². The first-order valence-corrected chi connectivity index (χ1v) is 8.20. The van der Waals surface area contributed by atoms with E-state index in [1.54, 1.807) is 35.4 Å². The van der Waals surface area contributed by atoms with Gasteiger partial charge in [0.15, 0.2) is 5.76 Å². The largest absolute Gasteiger partial charge is 0.451 e. The summed E-state index contributed by atoms with van der Waals surface area (Å²) in [6.45, 7) is 4.53. The summed E-state index contributed by atoms with van der Waals surface area (Å²) in [6.07, 6.45) is 0. The Labute approximate surface area is 138 Å². The van der Waals surface area contributed by atoms with Crippen LogP contribution in [0.1, 0.15) is 26.6 Å². The Morgan fingerprint density at radius 2 is 2.09 bits per heavy atom. The summed E-state index contributed by atoms with van der Waals surface area (Å²) in [4.78, 5) is 15.5. The van der Waals surface area contributed by atoms with Crippen LogP contribution in [-0.2, 0) is 6.54 Å². The molecule has 114 valence electrons. The lowest BCUT2D eigenvalue weighted by Gasteiger charge is -2.15. The number of nitrogens with zero attached hydrogens (tertiary/aromatic N) is 1. The second-order valence-corrected chi connectivity index (χ2v) is 6.82. The van der Waals surface area contributed by atoms with Crippen molar-refractivity contribution >= 4 is 39.8 Å². The molecule has 3 rings (SSSR count). The van der Waals surface area contributed by atoms with Crippen LogP contribution >= 0.6 is 22.9 Å². The van der Waals surface area contributed by atoms with Gasteiger partial charge in [0.2, 0.25) is 0 Å². The summed E-state index contributed by atoms with van der Waals surface area (Å²) in [5.41, 5.74) is 2.72. The molecular formula is C17H16ClNO2S. The molecule has 1 aromatic carbocycles. The van der Waals surface area contributed by atoms with Gasteiger partial charge in [-0.15, -0.1) is 11.3 Å². The van der Waals surface area contributed by atoms with E-state index in [1.165, 1.54) is 10.4 Å². The number of benzene rings is 1. The summed E-state index contributed by atoms with van der Waals surface area (Å²) < 4.78 is 5.74. The lowest BCUT2D eigenvalue weighted by molar-refractivity contribution is 0.0756. The minimum absolute atomic E-state index is 0.113. The second kappa shape index (κ2) is 5.78.